The van der Waals surface area contributed by atoms with Crippen LogP contribution < -0.4 is 10.1 Å². The van der Waals surface area contributed by atoms with E-state index in [1.807, 2.05) is 19.1 Å². The molecule has 0 aliphatic heterocycles. The zero-order valence-corrected chi connectivity index (χ0v) is 15.4. The summed E-state index contributed by atoms with van der Waals surface area (Å²) in [5.74, 6) is 0.892. The lowest BCUT2D eigenvalue weighted by atomic mass is 10.1. The smallest absolute Gasteiger partial charge is 0.120 e. The predicted molar refractivity (Wildman–Crippen MR) is 92.8 cm³/mol. The van der Waals surface area contributed by atoms with Gasteiger partial charge in [-0.3, -0.25) is 0 Å². The number of ether oxygens (including phenoxy) is 1. The van der Waals surface area contributed by atoms with Gasteiger partial charge < -0.3 is 10.1 Å². The molecular weight excluding hydrogens is 402 g/mol. The molecule has 1 atom stereocenters. The van der Waals surface area contributed by atoms with E-state index in [4.69, 9.17) is 4.74 Å². The fourth-order valence-electron chi connectivity index (χ4n) is 2.06. The topological polar surface area (TPSA) is 21.3 Å². The maximum absolute atomic E-state index is 5.54. The van der Waals surface area contributed by atoms with Gasteiger partial charge in [-0.15, -0.1) is 11.3 Å². The second-order valence-corrected chi connectivity index (χ2v) is 6.90. The van der Waals surface area contributed by atoms with Crippen molar-refractivity contribution in [2.24, 2.45) is 0 Å². The van der Waals surface area contributed by atoms with Crippen molar-refractivity contribution >= 4 is 43.2 Å². The molecule has 0 spiro atoms. The first kappa shape index (κ1) is 16.0. The lowest BCUT2D eigenvalue weighted by Crippen LogP contribution is -2.21. The first-order valence-corrected chi connectivity index (χ1v) is 9.02. The van der Waals surface area contributed by atoms with Gasteiger partial charge in [0.15, 0.2) is 0 Å². The Labute approximate surface area is 140 Å². The summed E-state index contributed by atoms with van der Waals surface area (Å²) < 4.78 is 7.75. The van der Waals surface area contributed by atoms with Crippen molar-refractivity contribution in [1.29, 1.82) is 0 Å². The first-order chi connectivity index (χ1) is 9.67. The highest BCUT2D eigenvalue weighted by Gasteiger charge is 2.19. The number of benzene rings is 1. The molecule has 0 fully saturated rings. The summed E-state index contributed by atoms with van der Waals surface area (Å²) in [6.45, 7) is 5.70. The molecular formula is C15H17Br2NOS. The van der Waals surface area contributed by atoms with Gasteiger partial charge in [0.25, 0.3) is 0 Å². The van der Waals surface area contributed by atoms with Gasteiger partial charge in [0.1, 0.15) is 5.75 Å². The van der Waals surface area contributed by atoms with Crippen molar-refractivity contribution in [3.05, 3.63) is 49.0 Å². The molecule has 2 aromatic rings. The Hall–Kier alpha value is -0.360. The molecule has 1 aromatic heterocycles. The third kappa shape index (κ3) is 3.64. The molecule has 0 aliphatic carbocycles. The predicted octanol–water partition coefficient (Wildman–Crippen LogP) is 5.37. The first-order valence-electron chi connectivity index (χ1n) is 6.55. The average molecular weight is 419 g/mol. The Morgan fingerprint density at radius 2 is 2.00 bits per heavy atom. The van der Waals surface area contributed by atoms with Crippen LogP contribution in [0.3, 0.4) is 0 Å². The Morgan fingerprint density at radius 3 is 2.55 bits per heavy atom. The van der Waals surface area contributed by atoms with Crippen LogP contribution in [0.15, 0.2) is 38.6 Å². The van der Waals surface area contributed by atoms with E-state index < -0.39 is 0 Å². The quantitative estimate of drug-likeness (QED) is 0.680. The minimum Gasteiger partial charge on any atom is -0.494 e. The molecule has 2 rings (SSSR count). The number of hydrogen-bond donors (Lipinski definition) is 1. The zero-order valence-electron chi connectivity index (χ0n) is 11.5. The Kier molecular flexibility index (Phi) is 6.08. The summed E-state index contributed by atoms with van der Waals surface area (Å²) in [4.78, 5) is 1.29. The highest BCUT2D eigenvalue weighted by molar-refractivity contribution is 9.10. The summed E-state index contributed by atoms with van der Waals surface area (Å²) in [7, 11) is 0. The molecule has 1 aromatic carbocycles. The fraction of sp³-hybridized carbons (Fsp3) is 0.333. The zero-order chi connectivity index (χ0) is 14.5. The van der Waals surface area contributed by atoms with Crippen molar-refractivity contribution in [2.45, 2.75) is 19.9 Å². The number of hydrogen-bond acceptors (Lipinski definition) is 3. The lowest BCUT2D eigenvalue weighted by Gasteiger charge is -2.20. The van der Waals surface area contributed by atoms with Gasteiger partial charge in [-0.05, 0) is 58.5 Å². The van der Waals surface area contributed by atoms with Crippen molar-refractivity contribution in [3.8, 4) is 5.75 Å². The van der Waals surface area contributed by atoms with E-state index >= 15 is 0 Å². The highest BCUT2D eigenvalue weighted by atomic mass is 79.9. The second kappa shape index (κ2) is 7.59. The third-order valence-electron chi connectivity index (χ3n) is 2.91. The van der Waals surface area contributed by atoms with E-state index in [2.05, 4.69) is 61.6 Å². The van der Waals surface area contributed by atoms with E-state index in [1.165, 1.54) is 10.4 Å². The molecule has 108 valence electrons. The standard InChI is InChI=1S/C15H17Br2NOS/c1-3-18-14(15-12(16)7-8-20-15)11-6-5-10(19-4-2)9-13(11)17/h5-9,14,18H,3-4H2,1-2H3. The van der Waals surface area contributed by atoms with Gasteiger partial charge in [-0.1, -0.05) is 28.9 Å². The van der Waals surface area contributed by atoms with Crippen LogP contribution in [0, 0.1) is 0 Å². The van der Waals surface area contributed by atoms with E-state index in [9.17, 15) is 0 Å². The third-order valence-corrected chi connectivity index (χ3v) is 5.53. The van der Waals surface area contributed by atoms with E-state index in [1.54, 1.807) is 11.3 Å². The van der Waals surface area contributed by atoms with E-state index in [-0.39, 0.29) is 6.04 Å². The molecule has 1 unspecified atom stereocenters. The minimum absolute atomic E-state index is 0.180. The molecule has 20 heavy (non-hydrogen) atoms. The monoisotopic (exact) mass is 417 g/mol. The molecule has 0 amide bonds. The van der Waals surface area contributed by atoms with Gasteiger partial charge in [-0.2, -0.15) is 0 Å². The van der Waals surface area contributed by atoms with Crippen LogP contribution >= 0.6 is 43.2 Å². The normalized spacial score (nSPS) is 12.4. The van der Waals surface area contributed by atoms with Crippen molar-refractivity contribution < 1.29 is 4.74 Å². The highest BCUT2D eigenvalue weighted by Crippen LogP contribution is 2.37. The van der Waals surface area contributed by atoms with Crippen LogP contribution in [0.25, 0.3) is 0 Å². The van der Waals surface area contributed by atoms with Gasteiger partial charge in [0.05, 0.1) is 12.6 Å². The van der Waals surface area contributed by atoms with Gasteiger partial charge in [0.2, 0.25) is 0 Å². The summed E-state index contributed by atoms with van der Waals surface area (Å²) in [5, 5.41) is 5.65. The van der Waals surface area contributed by atoms with Crippen LogP contribution in [-0.4, -0.2) is 13.2 Å². The number of nitrogens with one attached hydrogen (secondary N) is 1. The van der Waals surface area contributed by atoms with Crippen LogP contribution in [0.2, 0.25) is 0 Å². The Morgan fingerprint density at radius 1 is 1.20 bits per heavy atom. The SMILES string of the molecule is CCNC(c1ccc(OCC)cc1Br)c1sccc1Br. The number of thiophene rings is 1. The number of halogens is 2. The summed E-state index contributed by atoms with van der Waals surface area (Å²) >= 11 is 9.05. The number of rotatable bonds is 6. The summed E-state index contributed by atoms with van der Waals surface area (Å²) in [5.41, 5.74) is 1.22. The van der Waals surface area contributed by atoms with Gasteiger partial charge in [0, 0.05) is 13.8 Å². The molecule has 1 heterocycles. The molecule has 0 radical (unpaired) electrons. The van der Waals surface area contributed by atoms with Crippen LogP contribution in [0.4, 0.5) is 0 Å². The van der Waals surface area contributed by atoms with Gasteiger partial charge in [-0.25, -0.2) is 0 Å². The second-order valence-electron chi connectivity index (χ2n) is 4.24. The Bertz CT molecular complexity index is 571. The van der Waals surface area contributed by atoms with Crippen LogP contribution in [0.1, 0.15) is 30.3 Å². The Balaban J connectivity index is 2.37. The molecule has 0 aliphatic rings. The van der Waals surface area contributed by atoms with Crippen LogP contribution in [0.5, 0.6) is 5.75 Å². The van der Waals surface area contributed by atoms with Crippen molar-refractivity contribution in [3.63, 3.8) is 0 Å². The van der Waals surface area contributed by atoms with Gasteiger partial charge >= 0.3 is 0 Å². The minimum atomic E-state index is 0.180. The van der Waals surface area contributed by atoms with E-state index in [0.717, 1.165) is 21.2 Å². The van der Waals surface area contributed by atoms with Crippen LogP contribution in [-0.2, 0) is 0 Å². The molecule has 2 nitrogen and oxygen atoms in total. The molecule has 0 saturated heterocycles. The van der Waals surface area contributed by atoms with E-state index in [0.29, 0.717) is 6.61 Å². The van der Waals surface area contributed by atoms with Crippen molar-refractivity contribution in [2.75, 3.05) is 13.2 Å². The molecule has 5 heteroatoms. The summed E-state index contributed by atoms with van der Waals surface area (Å²) in [6.07, 6.45) is 0. The maximum Gasteiger partial charge on any atom is 0.120 e. The molecule has 0 saturated carbocycles. The maximum atomic E-state index is 5.54. The molecule has 1 N–H and O–H groups in total. The average Bonchev–Trinajstić information content (AvgIpc) is 2.83. The van der Waals surface area contributed by atoms with Crippen molar-refractivity contribution in [1.82, 2.24) is 5.32 Å². The fourth-order valence-corrected chi connectivity index (χ4v) is 4.34. The summed E-state index contributed by atoms with van der Waals surface area (Å²) in [6, 6.07) is 8.45. The lowest BCUT2D eigenvalue weighted by molar-refractivity contribution is 0.340. The largest absolute Gasteiger partial charge is 0.494 e. The molecule has 0 bridgehead atoms.